The quantitative estimate of drug-likeness (QED) is 0.506. The van der Waals surface area contributed by atoms with Gasteiger partial charge in [-0.05, 0) is 89.7 Å². The van der Waals surface area contributed by atoms with E-state index in [-0.39, 0.29) is 10.8 Å². The first-order chi connectivity index (χ1) is 14.6. The van der Waals surface area contributed by atoms with Gasteiger partial charge in [-0.3, -0.25) is 0 Å². The van der Waals surface area contributed by atoms with Crippen LogP contribution in [0.2, 0.25) is 0 Å². The van der Waals surface area contributed by atoms with Crippen LogP contribution < -0.4 is 0 Å². The molecule has 2 aromatic carbocycles. The highest BCUT2D eigenvalue weighted by Crippen LogP contribution is 2.55. The Morgan fingerprint density at radius 3 is 1.35 bits per heavy atom. The lowest BCUT2D eigenvalue weighted by molar-refractivity contribution is 0.126. The van der Waals surface area contributed by atoms with Crippen molar-refractivity contribution >= 4 is 0 Å². The molecule has 0 spiro atoms. The van der Waals surface area contributed by atoms with Gasteiger partial charge in [0.2, 0.25) is 0 Å². The molecule has 0 saturated heterocycles. The first kappa shape index (κ1) is 23.7. The smallest absolute Gasteiger partial charge is 0.121 e. The van der Waals surface area contributed by atoms with E-state index in [0.29, 0.717) is 17.4 Å². The zero-order valence-corrected chi connectivity index (χ0v) is 20.7. The summed E-state index contributed by atoms with van der Waals surface area (Å²) in [6, 6.07) is 9.08. The molecular formula is C29H42O2. The van der Waals surface area contributed by atoms with Gasteiger partial charge in [0.05, 0.1) is 0 Å². The van der Waals surface area contributed by atoms with Crippen molar-refractivity contribution in [1.29, 1.82) is 0 Å². The molecule has 0 bridgehead atoms. The summed E-state index contributed by atoms with van der Waals surface area (Å²) in [6.07, 6.45) is 6.74. The predicted octanol–water partition coefficient (Wildman–Crippen LogP) is 7.48. The van der Waals surface area contributed by atoms with Crippen molar-refractivity contribution in [3.8, 4) is 11.5 Å². The molecule has 1 aliphatic rings. The largest absolute Gasteiger partial charge is 0.507 e. The molecule has 2 N–H and O–H groups in total. The molecule has 0 aromatic heterocycles. The van der Waals surface area contributed by atoms with Crippen LogP contribution in [0.5, 0.6) is 11.5 Å². The maximum Gasteiger partial charge on any atom is 0.121 e. The third-order valence-corrected chi connectivity index (χ3v) is 7.54. The van der Waals surface area contributed by atoms with Gasteiger partial charge in [-0.1, -0.05) is 72.7 Å². The van der Waals surface area contributed by atoms with Gasteiger partial charge in [-0.25, -0.2) is 0 Å². The fourth-order valence-corrected chi connectivity index (χ4v) is 6.33. The summed E-state index contributed by atoms with van der Waals surface area (Å²) < 4.78 is 0. The fourth-order valence-electron chi connectivity index (χ4n) is 6.33. The second-order valence-electron chi connectivity index (χ2n) is 10.6. The van der Waals surface area contributed by atoms with E-state index < -0.39 is 0 Å². The molecule has 0 amide bonds. The van der Waals surface area contributed by atoms with Gasteiger partial charge in [0.25, 0.3) is 0 Å². The minimum atomic E-state index is -0.107. The van der Waals surface area contributed by atoms with Crippen LogP contribution in [0.3, 0.4) is 0 Å². The molecule has 2 heteroatoms. The number of phenolic OH excluding ortho intramolecular Hbond substituents is 2. The summed E-state index contributed by atoms with van der Waals surface area (Å²) in [7, 11) is 0. The van der Waals surface area contributed by atoms with Crippen molar-refractivity contribution in [3.05, 3.63) is 57.6 Å². The van der Waals surface area contributed by atoms with Crippen molar-refractivity contribution in [2.45, 2.75) is 98.8 Å². The second kappa shape index (κ2) is 8.88. The van der Waals surface area contributed by atoms with E-state index in [1.54, 1.807) is 0 Å². The van der Waals surface area contributed by atoms with Crippen molar-refractivity contribution in [3.63, 3.8) is 0 Å². The predicted molar refractivity (Wildman–Crippen MR) is 131 cm³/mol. The molecule has 31 heavy (non-hydrogen) atoms. The highest BCUT2D eigenvalue weighted by atomic mass is 16.3. The van der Waals surface area contributed by atoms with Crippen molar-refractivity contribution < 1.29 is 10.2 Å². The maximum absolute atomic E-state index is 10.8. The van der Waals surface area contributed by atoms with Gasteiger partial charge in [0.15, 0.2) is 0 Å². The standard InChI is InChI=1S/C29H42O2/c1-8-20-12-24(13-21(9-2)26(20)30)29(17-19(5)16-28(6,7)18-29)25-14-22(10-3)27(31)23(11-4)15-25/h12-15,19,30-31H,8-11,16-18H2,1-7H3. The number of aryl methyl sites for hydroxylation is 4. The second-order valence-corrected chi connectivity index (χ2v) is 10.6. The average Bonchev–Trinajstić information content (AvgIpc) is 2.72. The summed E-state index contributed by atoms with van der Waals surface area (Å²) >= 11 is 0. The lowest BCUT2D eigenvalue weighted by Gasteiger charge is -2.49. The first-order valence-corrected chi connectivity index (χ1v) is 12.3. The Morgan fingerprint density at radius 1 is 0.710 bits per heavy atom. The number of rotatable bonds is 6. The minimum absolute atomic E-state index is 0.107. The molecule has 1 saturated carbocycles. The summed E-state index contributed by atoms with van der Waals surface area (Å²) in [5.74, 6) is 1.55. The number of hydrogen-bond donors (Lipinski definition) is 2. The average molecular weight is 423 g/mol. The van der Waals surface area contributed by atoms with E-state index >= 15 is 0 Å². The van der Waals surface area contributed by atoms with E-state index in [2.05, 4.69) is 72.7 Å². The summed E-state index contributed by atoms with van der Waals surface area (Å²) in [5.41, 5.74) is 7.01. The normalized spacial score (nSPS) is 20.0. The molecule has 0 radical (unpaired) electrons. The zero-order valence-electron chi connectivity index (χ0n) is 20.7. The Hall–Kier alpha value is -1.96. The Balaban J connectivity index is 2.36. The Labute approximate surface area is 189 Å². The molecule has 1 unspecified atom stereocenters. The number of aromatic hydroxyl groups is 2. The van der Waals surface area contributed by atoms with E-state index in [1.807, 2.05) is 0 Å². The molecular weight excluding hydrogens is 380 g/mol. The Kier molecular flexibility index (Phi) is 6.79. The van der Waals surface area contributed by atoms with Crippen LogP contribution in [0.25, 0.3) is 0 Å². The molecule has 0 aliphatic heterocycles. The highest BCUT2D eigenvalue weighted by molar-refractivity contribution is 5.53. The van der Waals surface area contributed by atoms with E-state index in [1.165, 1.54) is 17.5 Å². The van der Waals surface area contributed by atoms with Crippen LogP contribution in [0.1, 0.15) is 101 Å². The highest BCUT2D eigenvalue weighted by Gasteiger charge is 2.46. The van der Waals surface area contributed by atoms with Crippen molar-refractivity contribution in [2.24, 2.45) is 11.3 Å². The molecule has 1 atom stereocenters. The van der Waals surface area contributed by atoms with Crippen LogP contribution in [0, 0.1) is 11.3 Å². The van der Waals surface area contributed by atoms with Gasteiger partial charge in [-0.15, -0.1) is 0 Å². The third kappa shape index (κ3) is 4.36. The van der Waals surface area contributed by atoms with Crippen LogP contribution in [-0.4, -0.2) is 10.2 Å². The molecule has 0 heterocycles. The molecule has 170 valence electrons. The van der Waals surface area contributed by atoms with Crippen LogP contribution in [0.4, 0.5) is 0 Å². The molecule has 2 nitrogen and oxygen atoms in total. The Bertz CT molecular complexity index is 826. The van der Waals surface area contributed by atoms with Gasteiger partial charge in [0, 0.05) is 5.41 Å². The van der Waals surface area contributed by atoms with Gasteiger partial charge < -0.3 is 10.2 Å². The minimum Gasteiger partial charge on any atom is -0.507 e. The molecule has 1 fully saturated rings. The molecule has 2 aromatic rings. The summed E-state index contributed by atoms with van der Waals surface area (Å²) in [6.45, 7) is 15.7. The maximum atomic E-state index is 10.8. The molecule has 1 aliphatic carbocycles. The van der Waals surface area contributed by atoms with Crippen LogP contribution >= 0.6 is 0 Å². The fraction of sp³-hybridized carbons (Fsp3) is 0.586. The van der Waals surface area contributed by atoms with Gasteiger partial charge in [0.1, 0.15) is 11.5 Å². The molecule has 3 rings (SSSR count). The third-order valence-electron chi connectivity index (χ3n) is 7.54. The van der Waals surface area contributed by atoms with Crippen LogP contribution in [-0.2, 0) is 31.1 Å². The monoisotopic (exact) mass is 422 g/mol. The summed E-state index contributed by atoms with van der Waals surface area (Å²) in [4.78, 5) is 0. The van der Waals surface area contributed by atoms with Gasteiger partial charge in [-0.2, -0.15) is 0 Å². The lowest BCUT2D eigenvalue weighted by atomic mass is 9.55. The lowest BCUT2D eigenvalue weighted by Crippen LogP contribution is -2.41. The van der Waals surface area contributed by atoms with Crippen molar-refractivity contribution in [1.82, 2.24) is 0 Å². The van der Waals surface area contributed by atoms with Crippen molar-refractivity contribution in [2.75, 3.05) is 0 Å². The number of phenols is 2. The van der Waals surface area contributed by atoms with E-state index in [0.717, 1.165) is 60.8 Å². The zero-order chi connectivity index (χ0) is 23.0. The first-order valence-electron chi connectivity index (χ1n) is 12.3. The van der Waals surface area contributed by atoms with E-state index in [9.17, 15) is 10.2 Å². The number of hydrogen-bond acceptors (Lipinski definition) is 2. The number of benzene rings is 2. The SMILES string of the molecule is CCc1cc(C2(c3cc(CC)c(O)c(CC)c3)CC(C)CC(C)(C)C2)cc(CC)c1O. The Morgan fingerprint density at radius 2 is 1.06 bits per heavy atom. The topological polar surface area (TPSA) is 40.5 Å². The van der Waals surface area contributed by atoms with E-state index in [4.69, 9.17) is 0 Å². The summed E-state index contributed by atoms with van der Waals surface area (Å²) in [5, 5.41) is 21.6. The van der Waals surface area contributed by atoms with Gasteiger partial charge >= 0.3 is 0 Å². The van der Waals surface area contributed by atoms with Crippen LogP contribution in [0.15, 0.2) is 24.3 Å².